The van der Waals surface area contributed by atoms with Crippen molar-refractivity contribution in [1.82, 2.24) is 0 Å². The third kappa shape index (κ3) is 2.92. The van der Waals surface area contributed by atoms with Gasteiger partial charge in [0.05, 0.1) is 0 Å². The van der Waals surface area contributed by atoms with Crippen molar-refractivity contribution >= 4 is 5.78 Å². The number of hydrogen-bond acceptors (Lipinski definition) is 1. The highest BCUT2D eigenvalue weighted by Crippen LogP contribution is 2.40. The molecular weight excluding hydrogens is 184 g/mol. The average Bonchev–Trinajstić information content (AvgIpc) is 2.99. The molecule has 0 bridgehead atoms. The number of hydrogen-bond donors (Lipinski definition) is 0. The molecule has 82 valence electrons. The quantitative estimate of drug-likeness (QED) is 0.668. The van der Waals surface area contributed by atoms with Gasteiger partial charge in [-0.3, -0.25) is 4.79 Å². The molecule has 1 aromatic rings. The molecule has 1 fully saturated rings. The van der Waals surface area contributed by atoms with Crippen LogP contribution in [0.3, 0.4) is 0 Å². The van der Waals surface area contributed by atoms with Crippen LogP contribution in [0.4, 0.5) is 0 Å². The van der Waals surface area contributed by atoms with Gasteiger partial charge >= 0.3 is 0 Å². The van der Waals surface area contributed by atoms with E-state index in [1.54, 1.807) is 0 Å². The molecule has 0 spiro atoms. The maximum atomic E-state index is 11.7. The molecule has 0 radical (unpaired) electrons. The van der Waals surface area contributed by atoms with Gasteiger partial charge in [0.15, 0.2) is 5.78 Å². The van der Waals surface area contributed by atoms with E-state index in [0.29, 0.717) is 17.6 Å². The fraction of sp³-hybridized carbons (Fsp3) is 0.500. The monoisotopic (exact) mass is 204 g/mol. The van der Waals surface area contributed by atoms with Crippen molar-refractivity contribution in [1.29, 1.82) is 0 Å². The van der Waals surface area contributed by atoms with Crippen LogP contribution >= 0.6 is 0 Å². The van der Waals surface area contributed by atoms with Gasteiger partial charge < -0.3 is 0 Å². The minimum absolute atomic E-state index is 0.308. The van der Waals surface area contributed by atoms with Crippen molar-refractivity contribution in [2.24, 2.45) is 11.8 Å². The van der Waals surface area contributed by atoms with Crippen LogP contribution in [-0.4, -0.2) is 5.78 Å². The molecule has 2 rings (SSSR count). The zero-order chi connectivity index (χ0) is 11.4. The Balaban J connectivity index is 0.000000531. The van der Waals surface area contributed by atoms with Gasteiger partial charge in [0.25, 0.3) is 0 Å². The molecule has 0 heterocycles. The minimum atomic E-state index is 0.308. The van der Waals surface area contributed by atoms with Gasteiger partial charge in [-0.05, 0) is 19.3 Å². The first-order valence-corrected chi connectivity index (χ1v) is 5.79. The summed E-state index contributed by atoms with van der Waals surface area (Å²) in [6.45, 7) is 8.17. The van der Waals surface area contributed by atoms with Crippen LogP contribution in [0.2, 0.25) is 0 Å². The Morgan fingerprint density at radius 3 is 2.07 bits per heavy atom. The molecule has 1 aliphatic carbocycles. The van der Waals surface area contributed by atoms with E-state index < -0.39 is 0 Å². The molecule has 0 aliphatic heterocycles. The van der Waals surface area contributed by atoms with E-state index in [4.69, 9.17) is 0 Å². The molecule has 0 amide bonds. The summed E-state index contributed by atoms with van der Waals surface area (Å²) in [6.07, 6.45) is 1.08. The molecule has 2 unspecified atom stereocenters. The summed E-state index contributed by atoms with van der Waals surface area (Å²) >= 11 is 0. The zero-order valence-electron chi connectivity index (χ0n) is 10.1. The van der Waals surface area contributed by atoms with E-state index in [9.17, 15) is 4.79 Å². The SMILES string of the molecule is CC.Cc1ccc(C(=O)C2CC2C)cc1. The Bertz CT molecular complexity index is 324. The average molecular weight is 204 g/mol. The first kappa shape index (κ1) is 12.0. The Labute approximate surface area is 92.5 Å². The smallest absolute Gasteiger partial charge is 0.166 e. The maximum absolute atomic E-state index is 11.7. The van der Waals surface area contributed by atoms with Crippen molar-refractivity contribution in [3.63, 3.8) is 0 Å². The molecule has 15 heavy (non-hydrogen) atoms. The topological polar surface area (TPSA) is 17.1 Å². The highest BCUT2D eigenvalue weighted by molar-refractivity contribution is 5.99. The van der Waals surface area contributed by atoms with Crippen molar-refractivity contribution in [3.05, 3.63) is 35.4 Å². The summed E-state index contributed by atoms with van der Waals surface area (Å²) in [5, 5.41) is 0. The third-order valence-corrected chi connectivity index (χ3v) is 2.78. The van der Waals surface area contributed by atoms with E-state index in [2.05, 4.69) is 6.92 Å². The molecule has 1 heteroatoms. The van der Waals surface area contributed by atoms with Gasteiger partial charge in [-0.25, -0.2) is 0 Å². The summed E-state index contributed by atoms with van der Waals surface area (Å²) in [4.78, 5) is 11.7. The van der Waals surface area contributed by atoms with Crippen molar-refractivity contribution in [3.8, 4) is 0 Å². The molecule has 1 aliphatic rings. The standard InChI is InChI=1S/C12H14O.C2H6/c1-8-3-5-10(6-4-8)12(13)11-7-9(11)2;1-2/h3-6,9,11H,7H2,1-2H3;1-2H3. The molecule has 2 atom stereocenters. The van der Waals surface area contributed by atoms with Gasteiger partial charge in [-0.2, -0.15) is 0 Å². The summed E-state index contributed by atoms with van der Waals surface area (Å²) in [7, 11) is 0. The van der Waals surface area contributed by atoms with Crippen LogP contribution in [0.15, 0.2) is 24.3 Å². The lowest BCUT2D eigenvalue weighted by Crippen LogP contribution is -2.02. The van der Waals surface area contributed by atoms with Crippen molar-refractivity contribution in [2.75, 3.05) is 0 Å². The Morgan fingerprint density at radius 1 is 1.20 bits per heavy atom. The number of ketones is 1. The molecule has 0 N–H and O–H groups in total. The molecule has 1 saturated carbocycles. The number of carbonyl (C=O) groups is 1. The maximum Gasteiger partial charge on any atom is 0.166 e. The summed E-state index contributed by atoms with van der Waals surface area (Å²) in [5.41, 5.74) is 2.08. The fourth-order valence-corrected chi connectivity index (χ4v) is 1.62. The van der Waals surface area contributed by atoms with E-state index in [1.807, 2.05) is 45.0 Å². The highest BCUT2D eigenvalue weighted by atomic mass is 16.1. The predicted octanol–water partition coefficient (Wildman–Crippen LogP) is 3.86. The van der Waals surface area contributed by atoms with Crippen LogP contribution in [0.5, 0.6) is 0 Å². The number of benzene rings is 1. The van der Waals surface area contributed by atoms with Gasteiger partial charge in [0.2, 0.25) is 0 Å². The van der Waals surface area contributed by atoms with Crippen LogP contribution < -0.4 is 0 Å². The first-order chi connectivity index (χ1) is 7.18. The second kappa shape index (κ2) is 5.11. The first-order valence-electron chi connectivity index (χ1n) is 5.79. The van der Waals surface area contributed by atoms with Crippen LogP contribution in [0.1, 0.15) is 43.1 Å². The number of aryl methyl sites for hydroxylation is 1. The van der Waals surface area contributed by atoms with E-state index in [1.165, 1.54) is 5.56 Å². The van der Waals surface area contributed by atoms with Gasteiger partial charge in [0.1, 0.15) is 0 Å². The lowest BCUT2D eigenvalue weighted by atomic mass is 10.0. The van der Waals surface area contributed by atoms with Crippen molar-refractivity contribution < 1.29 is 4.79 Å². The van der Waals surface area contributed by atoms with E-state index in [-0.39, 0.29) is 0 Å². The normalized spacial score (nSPS) is 22.7. The summed E-state index contributed by atoms with van der Waals surface area (Å²) < 4.78 is 0. The minimum Gasteiger partial charge on any atom is -0.294 e. The molecular formula is C14H20O. The van der Waals surface area contributed by atoms with Crippen LogP contribution in [-0.2, 0) is 0 Å². The summed E-state index contributed by atoms with van der Waals surface area (Å²) in [5.74, 6) is 1.24. The van der Waals surface area contributed by atoms with Gasteiger partial charge in [-0.15, -0.1) is 0 Å². The predicted molar refractivity (Wildman–Crippen MR) is 64.1 cm³/mol. The molecule has 1 aromatic carbocycles. The third-order valence-electron chi connectivity index (χ3n) is 2.78. The number of carbonyl (C=O) groups excluding carboxylic acids is 1. The number of Topliss-reactive ketones (excluding diaryl/α,β-unsaturated/α-hetero) is 1. The Kier molecular flexibility index (Phi) is 4.07. The van der Waals surface area contributed by atoms with Gasteiger partial charge in [-0.1, -0.05) is 50.6 Å². The summed E-state index contributed by atoms with van der Waals surface area (Å²) in [6, 6.07) is 7.87. The van der Waals surface area contributed by atoms with Crippen molar-refractivity contribution in [2.45, 2.75) is 34.1 Å². The lowest BCUT2D eigenvalue weighted by molar-refractivity contribution is 0.0962. The highest BCUT2D eigenvalue weighted by Gasteiger charge is 2.39. The second-order valence-corrected chi connectivity index (χ2v) is 4.05. The van der Waals surface area contributed by atoms with E-state index in [0.717, 1.165) is 12.0 Å². The van der Waals surface area contributed by atoms with Crippen LogP contribution in [0, 0.1) is 18.8 Å². The Morgan fingerprint density at radius 2 is 1.67 bits per heavy atom. The van der Waals surface area contributed by atoms with E-state index >= 15 is 0 Å². The van der Waals surface area contributed by atoms with Crippen LogP contribution in [0.25, 0.3) is 0 Å². The molecule has 0 aromatic heterocycles. The molecule has 1 nitrogen and oxygen atoms in total. The van der Waals surface area contributed by atoms with Gasteiger partial charge in [0, 0.05) is 11.5 Å². The molecule has 0 saturated heterocycles. The zero-order valence-corrected chi connectivity index (χ0v) is 10.1. The largest absolute Gasteiger partial charge is 0.294 e. The fourth-order valence-electron chi connectivity index (χ4n) is 1.62. The second-order valence-electron chi connectivity index (χ2n) is 4.05. The lowest BCUT2D eigenvalue weighted by Gasteiger charge is -1.99. The number of rotatable bonds is 2. The Hall–Kier alpha value is -1.11.